The molecule has 0 unspecified atom stereocenters. The first kappa shape index (κ1) is 15.9. The summed E-state index contributed by atoms with van der Waals surface area (Å²) in [5, 5.41) is 5.27. The Balaban J connectivity index is 1.79. The standard InChI is InChI=1S/C16H15F3N2O/c17-16(18,19)14-8-6-13(7-9-14)11-21-15(22)20-10-12-4-2-1-3-5-12/h1-9H,10-11H2,(H2,20,21,22). The first-order valence-electron chi connectivity index (χ1n) is 6.67. The van der Waals surface area contributed by atoms with Crippen molar-refractivity contribution in [2.75, 3.05) is 0 Å². The van der Waals surface area contributed by atoms with Crippen molar-refractivity contribution < 1.29 is 18.0 Å². The summed E-state index contributed by atoms with van der Waals surface area (Å²) in [6.45, 7) is 0.554. The van der Waals surface area contributed by atoms with E-state index in [1.54, 1.807) is 0 Å². The Morgan fingerprint density at radius 3 is 1.82 bits per heavy atom. The van der Waals surface area contributed by atoms with Crippen molar-refractivity contribution in [3.05, 3.63) is 71.3 Å². The second-order valence-electron chi connectivity index (χ2n) is 4.72. The molecule has 0 spiro atoms. The van der Waals surface area contributed by atoms with Crippen LogP contribution in [0.2, 0.25) is 0 Å². The van der Waals surface area contributed by atoms with Crippen molar-refractivity contribution in [2.24, 2.45) is 0 Å². The van der Waals surface area contributed by atoms with Gasteiger partial charge in [0.15, 0.2) is 0 Å². The highest BCUT2D eigenvalue weighted by atomic mass is 19.4. The molecule has 2 aromatic carbocycles. The van der Waals surface area contributed by atoms with E-state index in [4.69, 9.17) is 0 Å². The van der Waals surface area contributed by atoms with Crippen LogP contribution in [0, 0.1) is 0 Å². The van der Waals surface area contributed by atoms with Crippen LogP contribution < -0.4 is 10.6 Å². The van der Waals surface area contributed by atoms with E-state index in [1.807, 2.05) is 30.3 Å². The monoisotopic (exact) mass is 308 g/mol. The lowest BCUT2D eigenvalue weighted by molar-refractivity contribution is -0.137. The largest absolute Gasteiger partial charge is 0.416 e. The highest BCUT2D eigenvalue weighted by molar-refractivity contribution is 5.73. The minimum atomic E-state index is -4.35. The summed E-state index contributed by atoms with van der Waals surface area (Å²) in [6.07, 6.45) is -4.35. The van der Waals surface area contributed by atoms with Crippen molar-refractivity contribution in [1.82, 2.24) is 10.6 Å². The molecule has 0 aliphatic rings. The number of carbonyl (C=O) groups excluding carboxylic acids is 1. The number of urea groups is 1. The molecule has 0 bridgehead atoms. The Morgan fingerprint density at radius 2 is 1.32 bits per heavy atom. The number of benzene rings is 2. The van der Waals surface area contributed by atoms with Gasteiger partial charge >= 0.3 is 12.2 Å². The number of hydrogen-bond acceptors (Lipinski definition) is 1. The van der Waals surface area contributed by atoms with Crippen LogP contribution in [0.25, 0.3) is 0 Å². The highest BCUT2D eigenvalue weighted by Gasteiger charge is 2.29. The summed E-state index contributed by atoms with van der Waals surface area (Å²) in [6, 6.07) is 13.7. The molecule has 116 valence electrons. The molecule has 0 aromatic heterocycles. The summed E-state index contributed by atoms with van der Waals surface area (Å²) in [7, 11) is 0. The molecule has 2 amide bonds. The lowest BCUT2D eigenvalue weighted by Crippen LogP contribution is -2.34. The molecule has 0 aliphatic carbocycles. The Labute approximate surface area is 126 Å². The van der Waals surface area contributed by atoms with Gasteiger partial charge in [-0.25, -0.2) is 4.79 Å². The van der Waals surface area contributed by atoms with Gasteiger partial charge in [-0.3, -0.25) is 0 Å². The fourth-order valence-electron chi connectivity index (χ4n) is 1.83. The number of carbonyl (C=O) groups is 1. The zero-order valence-corrected chi connectivity index (χ0v) is 11.7. The van der Waals surface area contributed by atoms with E-state index in [0.29, 0.717) is 12.1 Å². The molecule has 6 heteroatoms. The maximum absolute atomic E-state index is 12.4. The van der Waals surface area contributed by atoms with E-state index < -0.39 is 11.7 Å². The lowest BCUT2D eigenvalue weighted by Gasteiger charge is -2.09. The number of alkyl halides is 3. The average molecular weight is 308 g/mol. The van der Waals surface area contributed by atoms with Crippen LogP contribution in [0.15, 0.2) is 54.6 Å². The van der Waals surface area contributed by atoms with Crippen LogP contribution in [0.5, 0.6) is 0 Å². The fraction of sp³-hybridized carbons (Fsp3) is 0.188. The maximum atomic E-state index is 12.4. The van der Waals surface area contributed by atoms with E-state index in [9.17, 15) is 18.0 Å². The average Bonchev–Trinajstić information content (AvgIpc) is 2.51. The molecule has 0 atom stereocenters. The van der Waals surface area contributed by atoms with E-state index in [2.05, 4.69) is 10.6 Å². The van der Waals surface area contributed by atoms with Crippen LogP contribution in [0.1, 0.15) is 16.7 Å². The third-order valence-electron chi connectivity index (χ3n) is 3.03. The molecule has 0 heterocycles. The van der Waals surface area contributed by atoms with E-state index >= 15 is 0 Å². The van der Waals surface area contributed by atoms with Gasteiger partial charge in [0, 0.05) is 13.1 Å². The molecule has 2 aromatic rings. The Bertz CT molecular complexity index is 610. The zero-order chi connectivity index (χ0) is 16.0. The lowest BCUT2D eigenvalue weighted by atomic mass is 10.1. The molecular weight excluding hydrogens is 293 g/mol. The second kappa shape index (κ2) is 6.98. The predicted molar refractivity (Wildman–Crippen MR) is 77.0 cm³/mol. The Kier molecular flexibility index (Phi) is 5.04. The van der Waals surface area contributed by atoms with Gasteiger partial charge in [-0.1, -0.05) is 42.5 Å². The van der Waals surface area contributed by atoms with Crippen molar-refractivity contribution in [3.63, 3.8) is 0 Å². The molecule has 0 saturated carbocycles. The van der Waals surface area contributed by atoms with Gasteiger partial charge in [0.1, 0.15) is 0 Å². The van der Waals surface area contributed by atoms with Crippen molar-refractivity contribution >= 4 is 6.03 Å². The summed E-state index contributed by atoms with van der Waals surface area (Å²) in [4.78, 5) is 11.6. The Hall–Kier alpha value is -2.50. The molecule has 0 fully saturated rings. The number of rotatable bonds is 4. The van der Waals surface area contributed by atoms with Gasteiger partial charge in [0.25, 0.3) is 0 Å². The van der Waals surface area contributed by atoms with Crippen LogP contribution in [0.4, 0.5) is 18.0 Å². The first-order valence-corrected chi connectivity index (χ1v) is 6.67. The second-order valence-corrected chi connectivity index (χ2v) is 4.72. The topological polar surface area (TPSA) is 41.1 Å². The van der Waals surface area contributed by atoms with Gasteiger partial charge in [-0.05, 0) is 23.3 Å². The number of halogens is 3. The minimum absolute atomic E-state index is 0.165. The Morgan fingerprint density at radius 1 is 0.818 bits per heavy atom. The summed E-state index contributed by atoms with van der Waals surface area (Å²) >= 11 is 0. The molecule has 3 nitrogen and oxygen atoms in total. The quantitative estimate of drug-likeness (QED) is 0.888. The van der Waals surface area contributed by atoms with Crippen LogP contribution in [-0.2, 0) is 19.3 Å². The highest BCUT2D eigenvalue weighted by Crippen LogP contribution is 2.28. The van der Waals surface area contributed by atoms with E-state index in [-0.39, 0.29) is 12.6 Å². The van der Waals surface area contributed by atoms with Gasteiger partial charge in [-0.15, -0.1) is 0 Å². The summed E-state index contributed by atoms with van der Waals surface area (Å²) < 4.78 is 37.2. The predicted octanol–water partition coefficient (Wildman–Crippen LogP) is 3.70. The first-order chi connectivity index (χ1) is 10.4. The number of hydrogen-bond donors (Lipinski definition) is 2. The molecule has 0 radical (unpaired) electrons. The van der Waals surface area contributed by atoms with E-state index in [0.717, 1.165) is 17.7 Å². The zero-order valence-electron chi connectivity index (χ0n) is 11.7. The molecule has 2 rings (SSSR count). The van der Waals surface area contributed by atoms with Crippen LogP contribution in [-0.4, -0.2) is 6.03 Å². The normalized spacial score (nSPS) is 11.0. The summed E-state index contributed by atoms with van der Waals surface area (Å²) in [5.41, 5.74) is 0.861. The van der Waals surface area contributed by atoms with Gasteiger partial charge < -0.3 is 10.6 Å². The van der Waals surface area contributed by atoms with Gasteiger partial charge in [0.2, 0.25) is 0 Å². The van der Waals surface area contributed by atoms with Crippen molar-refractivity contribution in [3.8, 4) is 0 Å². The van der Waals surface area contributed by atoms with E-state index in [1.165, 1.54) is 12.1 Å². The maximum Gasteiger partial charge on any atom is 0.416 e. The fourth-order valence-corrected chi connectivity index (χ4v) is 1.83. The number of amides is 2. The molecule has 22 heavy (non-hydrogen) atoms. The van der Waals surface area contributed by atoms with Crippen molar-refractivity contribution in [2.45, 2.75) is 19.3 Å². The summed E-state index contributed by atoms with van der Waals surface area (Å²) in [5.74, 6) is 0. The smallest absolute Gasteiger partial charge is 0.334 e. The van der Waals surface area contributed by atoms with Crippen LogP contribution in [0.3, 0.4) is 0 Å². The molecular formula is C16H15F3N2O. The molecule has 2 N–H and O–H groups in total. The molecule has 0 aliphatic heterocycles. The third-order valence-corrected chi connectivity index (χ3v) is 3.03. The van der Waals surface area contributed by atoms with Gasteiger partial charge in [-0.2, -0.15) is 13.2 Å². The molecule has 0 saturated heterocycles. The third kappa shape index (κ3) is 4.80. The van der Waals surface area contributed by atoms with Crippen LogP contribution >= 0.6 is 0 Å². The van der Waals surface area contributed by atoms with Gasteiger partial charge in [0.05, 0.1) is 5.56 Å². The number of nitrogens with one attached hydrogen (secondary N) is 2. The minimum Gasteiger partial charge on any atom is -0.334 e. The van der Waals surface area contributed by atoms with Crippen molar-refractivity contribution in [1.29, 1.82) is 0 Å². The SMILES string of the molecule is O=C(NCc1ccccc1)NCc1ccc(C(F)(F)F)cc1.